The maximum absolute atomic E-state index is 2.37. The van der Waals surface area contributed by atoms with Gasteiger partial charge in [-0.25, -0.2) is 0 Å². The molecule has 0 aliphatic rings. The van der Waals surface area contributed by atoms with Gasteiger partial charge < -0.3 is 0 Å². The molecule has 2 nitrogen and oxygen atoms in total. The van der Waals surface area contributed by atoms with Crippen molar-refractivity contribution in [2.24, 2.45) is 5.41 Å². The fourth-order valence-electron chi connectivity index (χ4n) is 2.63. The van der Waals surface area contributed by atoms with Gasteiger partial charge in [0.2, 0.25) is 0 Å². The number of rotatable bonds is 5. The molecule has 0 unspecified atom stereocenters. The lowest BCUT2D eigenvalue weighted by atomic mass is 9.85. The molecule has 80 valence electrons. The van der Waals surface area contributed by atoms with E-state index >= 15 is 0 Å². The first-order chi connectivity index (χ1) is 5.83. The summed E-state index contributed by atoms with van der Waals surface area (Å²) in [6.45, 7) is 4.74. The number of hydrogen-bond acceptors (Lipinski definition) is 2. The molecular formula is C10H26N2Si. The third-order valence-electron chi connectivity index (χ3n) is 2.57. The van der Waals surface area contributed by atoms with E-state index in [2.05, 4.69) is 51.8 Å². The molecule has 0 fully saturated rings. The average Bonchev–Trinajstić information content (AvgIpc) is 1.82. The Morgan fingerprint density at radius 1 is 1.08 bits per heavy atom. The van der Waals surface area contributed by atoms with Crippen LogP contribution in [-0.4, -0.2) is 54.4 Å². The summed E-state index contributed by atoms with van der Waals surface area (Å²) < 4.78 is 0. The van der Waals surface area contributed by atoms with Gasteiger partial charge in [-0.2, -0.15) is 0 Å². The van der Waals surface area contributed by atoms with E-state index in [1.165, 1.54) is 22.7 Å². The molecular weight excluding hydrogens is 176 g/mol. The van der Waals surface area contributed by atoms with Crippen LogP contribution >= 0.6 is 0 Å². The van der Waals surface area contributed by atoms with Crippen molar-refractivity contribution < 1.29 is 0 Å². The Morgan fingerprint density at radius 3 is 1.69 bits per heavy atom. The average molecular weight is 202 g/mol. The zero-order valence-corrected chi connectivity index (χ0v) is 12.4. The zero-order valence-electron chi connectivity index (χ0n) is 10.4. The molecule has 0 N–H and O–H groups in total. The van der Waals surface area contributed by atoms with Gasteiger partial charge in [0.05, 0.1) is 6.17 Å². The van der Waals surface area contributed by atoms with Crippen molar-refractivity contribution in [1.82, 2.24) is 9.80 Å². The predicted molar refractivity (Wildman–Crippen MR) is 64.3 cm³/mol. The second-order valence-electron chi connectivity index (χ2n) is 5.04. The summed E-state index contributed by atoms with van der Waals surface area (Å²) in [6.07, 6.45) is 1.88. The number of nitrogens with zero attached hydrogens (tertiary/aromatic N) is 2. The minimum Gasteiger partial charge on any atom is -0.294 e. The van der Waals surface area contributed by atoms with Gasteiger partial charge in [-0.1, -0.05) is 19.9 Å². The fraction of sp³-hybridized carbons (Fsp3) is 1.00. The Labute approximate surface area is 86.7 Å². The quantitative estimate of drug-likeness (QED) is 0.477. The first-order valence-electron chi connectivity index (χ1n) is 5.15. The molecule has 0 bridgehead atoms. The maximum Gasteiger partial charge on any atom is 0.0664 e. The minimum atomic E-state index is 0.398. The normalized spacial score (nSPS) is 13.6. The van der Waals surface area contributed by atoms with Crippen LogP contribution in [0.1, 0.15) is 20.3 Å². The fourth-order valence-corrected chi connectivity index (χ4v) is 3.92. The van der Waals surface area contributed by atoms with Crippen LogP contribution in [0.3, 0.4) is 0 Å². The van der Waals surface area contributed by atoms with Gasteiger partial charge in [-0.05, 0) is 40.0 Å². The molecule has 0 aromatic rings. The van der Waals surface area contributed by atoms with E-state index in [1.807, 2.05) is 0 Å². The molecule has 13 heavy (non-hydrogen) atoms. The lowest BCUT2D eigenvalue weighted by Gasteiger charge is -2.43. The molecule has 0 aromatic heterocycles. The van der Waals surface area contributed by atoms with Crippen LogP contribution < -0.4 is 0 Å². The van der Waals surface area contributed by atoms with Crippen molar-refractivity contribution in [3.8, 4) is 0 Å². The molecule has 0 amide bonds. The Kier molecular flexibility index (Phi) is 5.18. The van der Waals surface area contributed by atoms with Crippen LogP contribution in [0, 0.1) is 5.41 Å². The van der Waals surface area contributed by atoms with Gasteiger partial charge in [0.15, 0.2) is 0 Å². The molecule has 0 rings (SSSR count). The lowest BCUT2D eigenvalue weighted by molar-refractivity contribution is 0.0178. The van der Waals surface area contributed by atoms with E-state index < -0.39 is 0 Å². The van der Waals surface area contributed by atoms with Gasteiger partial charge >= 0.3 is 0 Å². The molecule has 3 heteroatoms. The standard InChI is InChI=1S/C10H26N2Si/c1-10(2,7-8-13)9(11(3)4)12(5)6/h9H,7-8H2,1-6,13H3. The van der Waals surface area contributed by atoms with Gasteiger partial charge in [-0.15, -0.1) is 0 Å². The third kappa shape index (κ3) is 3.79. The largest absolute Gasteiger partial charge is 0.294 e. The molecule has 0 radical (unpaired) electrons. The van der Waals surface area contributed by atoms with Gasteiger partial charge in [-0.3, -0.25) is 9.80 Å². The van der Waals surface area contributed by atoms with E-state index in [4.69, 9.17) is 0 Å². The van der Waals surface area contributed by atoms with Crippen molar-refractivity contribution in [2.75, 3.05) is 28.2 Å². The van der Waals surface area contributed by atoms with Gasteiger partial charge in [0.25, 0.3) is 0 Å². The summed E-state index contributed by atoms with van der Waals surface area (Å²) in [6, 6.07) is 1.39. The van der Waals surface area contributed by atoms with Crippen LogP contribution in [0.15, 0.2) is 0 Å². The van der Waals surface area contributed by atoms with Crippen LogP contribution in [0.2, 0.25) is 6.04 Å². The molecule has 0 heterocycles. The first kappa shape index (κ1) is 13.1. The Morgan fingerprint density at radius 2 is 1.46 bits per heavy atom. The van der Waals surface area contributed by atoms with E-state index in [0.717, 1.165) is 0 Å². The summed E-state index contributed by atoms with van der Waals surface area (Å²) in [5.41, 5.74) is 0.398. The summed E-state index contributed by atoms with van der Waals surface area (Å²) >= 11 is 0. The van der Waals surface area contributed by atoms with E-state index in [1.54, 1.807) is 0 Å². The van der Waals surface area contributed by atoms with Crippen LogP contribution in [0.5, 0.6) is 0 Å². The van der Waals surface area contributed by atoms with Crippen LogP contribution in [-0.2, 0) is 0 Å². The molecule has 0 atom stereocenters. The second-order valence-corrected chi connectivity index (χ2v) is 6.04. The van der Waals surface area contributed by atoms with Gasteiger partial charge in [0.1, 0.15) is 0 Å². The number of hydrogen-bond donors (Lipinski definition) is 0. The molecule has 0 aliphatic heterocycles. The summed E-state index contributed by atoms with van der Waals surface area (Å²) in [5, 5.41) is 0. The minimum absolute atomic E-state index is 0.398. The van der Waals surface area contributed by atoms with Crippen LogP contribution in [0.4, 0.5) is 0 Å². The van der Waals surface area contributed by atoms with E-state index in [-0.39, 0.29) is 0 Å². The topological polar surface area (TPSA) is 6.48 Å². The van der Waals surface area contributed by atoms with Crippen molar-refractivity contribution in [3.63, 3.8) is 0 Å². The Hall–Kier alpha value is 0.137. The highest BCUT2D eigenvalue weighted by Gasteiger charge is 2.31. The van der Waals surface area contributed by atoms with E-state index in [0.29, 0.717) is 11.6 Å². The van der Waals surface area contributed by atoms with Crippen molar-refractivity contribution in [3.05, 3.63) is 0 Å². The molecule has 0 aliphatic carbocycles. The summed E-state index contributed by atoms with van der Waals surface area (Å²) in [4.78, 5) is 4.63. The highest BCUT2D eigenvalue weighted by molar-refractivity contribution is 6.08. The van der Waals surface area contributed by atoms with Crippen molar-refractivity contribution in [2.45, 2.75) is 32.5 Å². The molecule has 0 aromatic carbocycles. The maximum atomic E-state index is 2.37. The summed E-state index contributed by atoms with van der Waals surface area (Å²) in [7, 11) is 9.99. The Balaban J connectivity index is 4.52. The SMILES string of the molecule is CN(C)C(N(C)C)C(C)(C)CC[SiH3]. The van der Waals surface area contributed by atoms with Crippen molar-refractivity contribution >= 4 is 10.2 Å². The molecule has 0 saturated heterocycles. The highest BCUT2D eigenvalue weighted by Crippen LogP contribution is 2.30. The zero-order chi connectivity index (χ0) is 10.6. The van der Waals surface area contributed by atoms with Crippen molar-refractivity contribution in [1.29, 1.82) is 0 Å². The summed E-state index contributed by atoms with van der Waals surface area (Å²) in [5.74, 6) is 0. The molecule has 0 saturated carbocycles. The van der Waals surface area contributed by atoms with Gasteiger partial charge in [0, 0.05) is 10.2 Å². The smallest absolute Gasteiger partial charge is 0.0664 e. The van der Waals surface area contributed by atoms with Crippen LogP contribution in [0.25, 0.3) is 0 Å². The predicted octanol–water partition coefficient (Wildman–Crippen LogP) is 0.636. The van der Waals surface area contributed by atoms with E-state index in [9.17, 15) is 0 Å². The second kappa shape index (κ2) is 5.13. The lowest BCUT2D eigenvalue weighted by Crippen LogP contribution is -2.50. The molecule has 0 spiro atoms. The third-order valence-corrected chi connectivity index (χ3v) is 3.07. The highest BCUT2D eigenvalue weighted by atomic mass is 28.1. The Bertz CT molecular complexity index is 136. The monoisotopic (exact) mass is 202 g/mol. The first-order valence-corrected chi connectivity index (χ1v) is 6.57.